The second-order valence-corrected chi connectivity index (χ2v) is 2.96. The summed E-state index contributed by atoms with van der Waals surface area (Å²) in [4.78, 5) is 0. The summed E-state index contributed by atoms with van der Waals surface area (Å²) in [6.07, 6.45) is 4.29. The largest absolute Gasteiger partial charge is 0.389 e. The van der Waals surface area contributed by atoms with Gasteiger partial charge in [-0.3, -0.25) is 5.32 Å². The van der Waals surface area contributed by atoms with E-state index in [1.54, 1.807) is 0 Å². The number of aliphatic hydroxyl groups excluding tert-OH is 1. The van der Waals surface area contributed by atoms with E-state index in [1.165, 1.54) is 0 Å². The zero-order valence-corrected chi connectivity index (χ0v) is 7.58. The second kappa shape index (κ2) is 6.37. The van der Waals surface area contributed by atoms with Gasteiger partial charge < -0.3 is 15.3 Å². The van der Waals surface area contributed by atoms with Crippen molar-refractivity contribution in [3.05, 3.63) is 0 Å². The minimum Gasteiger partial charge on any atom is -0.389 e. The summed E-state index contributed by atoms with van der Waals surface area (Å²) < 4.78 is 0. The molecule has 0 aromatic carbocycles. The van der Waals surface area contributed by atoms with Gasteiger partial charge in [-0.2, -0.15) is 0 Å². The Labute approximate surface area is 73.2 Å². The second-order valence-electron chi connectivity index (χ2n) is 2.96. The molecule has 0 bridgehead atoms. The SMILES string of the molecule is CCCCCCNC(O)(O)CO. The lowest BCUT2D eigenvalue weighted by Crippen LogP contribution is -2.48. The lowest BCUT2D eigenvalue weighted by molar-refractivity contribution is -0.208. The Morgan fingerprint density at radius 2 is 1.83 bits per heavy atom. The molecule has 4 nitrogen and oxygen atoms in total. The molecular formula is C8H19NO3. The van der Waals surface area contributed by atoms with Crippen molar-refractivity contribution < 1.29 is 15.3 Å². The first-order valence-corrected chi connectivity index (χ1v) is 4.43. The number of unbranched alkanes of at least 4 members (excludes halogenated alkanes) is 3. The molecule has 0 aliphatic heterocycles. The predicted octanol–water partition coefficient (Wildman–Crippen LogP) is -0.213. The molecule has 74 valence electrons. The molecule has 0 aliphatic carbocycles. The monoisotopic (exact) mass is 177 g/mol. The average Bonchev–Trinajstić information content (AvgIpc) is 2.04. The number of hydrogen-bond acceptors (Lipinski definition) is 4. The molecular weight excluding hydrogens is 158 g/mol. The topological polar surface area (TPSA) is 72.7 Å². The molecule has 0 aliphatic rings. The molecule has 0 saturated carbocycles. The van der Waals surface area contributed by atoms with Crippen LogP contribution in [-0.2, 0) is 0 Å². The third kappa shape index (κ3) is 6.54. The van der Waals surface area contributed by atoms with Gasteiger partial charge in [0.2, 0.25) is 5.91 Å². The maximum atomic E-state index is 8.87. The smallest absolute Gasteiger partial charge is 0.246 e. The predicted molar refractivity (Wildman–Crippen MR) is 46.4 cm³/mol. The van der Waals surface area contributed by atoms with Gasteiger partial charge in [-0.05, 0) is 6.42 Å². The molecule has 12 heavy (non-hydrogen) atoms. The summed E-state index contributed by atoms with van der Waals surface area (Å²) in [5.41, 5.74) is 0. The summed E-state index contributed by atoms with van der Waals surface area (Å²) in [6.45, 7) is 1.96. The van der Waals surface area contributed by atoms with Crippen LogP contribution in [0.5, 0.6) is 0 Å². The fraction of sp³-hybridized carbons (Fsp3) is 1.00. The van der Waals surface area contributed by atoms with Crippen LogP contribution in [0.25, 0.3) is 0 Å². The normalized spacial score (nSPS) is 12.0. The first-order valence-electron chi connectivity index (χ1n) is 4.43. The minimum atomic E-state index is -2.10. The van der Waals surface area contributed by atoms with Crippen LogP contribution in [0, 0.1) is 0 Å². The van der Waals surface area contributed by atoms with Crippen LogP contribution in [0.1, 0.15) is 32.6 Å². The van der Waals surface area contributed by atoms with E-state index in [2.05, 4.69) is 12.2 Å². The third-order valence-corrected chi connectivity index (χ3v) is 1.66. The van der Waals surface area contributed by atoms with Crippen molar-refractivity contribution in [2.24, 2.45) is 0 Å². The fourth-order valence-corrected chi connectivity index (χ4v) is 0.896. The van der Waals surface area contributed by atoms with Crippen molar-refractivity contribution in [1.82, 2.24) is 5.32 Å². The van der Waals surface area contributed by atoms with Crippen LogP contribution in [0.3, 0.4) is 0 Å². The van der Waals surface area contributed by atoms with Gasteiger partial charge in [0, 0.05) is 6.54 Å². The lowest BCUT2D eigenvalue weighted by atomic mass is 10.2. The van der Waals surface area contributed by atoms with Crippen LogP contribution >= 0.6 is 0 Å². The van der Waals surface area contributed by atoms with Gasteiger partial charge in [0.1, 0.15) is 6.61 Å². The number of hydrogen-bond donors (Lipinski definition) is 4. The summed E-state index contributed by atoms with van der Waals surface area (Å²) in [6, 6.07) is 0. The third-order valence-electron chi connectivity index (χ3n) is 1.66. The maximum absolute atomic E-state index is 8.87. The molecule has 4 N–H and O–H groups in total. The highest BCUT2D eigenvalue weighted by molar-refractivity contribution is 4.58. The Morgan fingerprint density at radius 1 is 1.17 bits per heavy atom. The van der Waals surface area contributed by atoms with Crippen LogP contribution in [0.4, 0.5) is 0 Å². The van der Waals surface area contributed by atoms with E-state index < -0.39 is 12.5 Å². The van der Waals surface area contributed by atoms with Gasteiger partial charge in [0.25, 0.3) is 0 Å². The molecule has 0 atom stereocenters. The number of aliphatic hydroxyl groups is 3. The van der Waals surface area contributed by atoms with E-state index in [4.69, 9.17) is 15.3 Å². The van der Waals surface area contributed by atoms with E-state index in [9.17, 15) is 0 Å². The Balaban J connectivity index is 3.19. The van der Waals surface area contributed by atoms with Crippen LogP contribution in [0.15, 0.2) is 0 Å². The Hall–Kier alpha value is -0.160. The molecule has 0 rings (SSSR count). The van der Waals surface area contributed by atoms with E-state index in [0.29, 0.717) is 6.54 Å². The highest BCUT2D eigenvalue weighted by atomic mass is 16.5. The van der Waals surface area contributed by atoms with Crippen molar-refractivity contribution in [3.8, 4) is 0 Å². The summed E-state index contributed by atoms with van der Waals surface area (Å²) in [7, 11) is 0. The Kier molecular flexibility index (Phi) is 6.28. The van der Waals surface area contributed by atoms with E-state index in [0.717, 1.165) is 25.7 Å². The van der Waals surface area contributed by atoms with Crippen molar-refractivity contribution in [2.45, 2.75) is 38.5 Å². The van der Waals surface area contributed by atoms with Gasteiger partial charge in [-0.25, -0.2) is 0 Å². The average molecular weight is 177 g/mol. The molecule has 0 aromatic heterocycles. The van der Waals surface area contributed by atoms with Gasteiger partial charge in [-0.1, -0.05) is 26.2 Å². The van der Waals surface area contributed by atoms with E-state index >= 15 is 0 Å². The zero-order chi connectivity index (χ0) is 9.45. The van der Waals surface area contributed by atoms with Gasteiger partial charge in [0.05, 0.1) is 0 Å². The highest BCUT2D eigenvalue weighted by Gasteiger charge is 2.19. The van der Waals surface area contributed by atoms with Crippen LogP contribution in [-0.4, -0.2) is 34.4 Å². The van der Waals surface area contributed by atoms with Gasteiger partial charge >= 0.3 is 0 Å². The molecule has 0 heterocycles. The molecule has 0 aromatic rings. The summed E-state index contributed by atoms with van der Waals surface area (Å²) in [5.74, 6) is -2.10. The van der Waals surface area contributed by atoms with Crippen molar-refractivity contribution >= 4 is 0 Å². The fourth-order valence-electron chi connectivity index (χ4n) is 0.896. The molecule has 0 saturated heterocycles. The summed E-state index contributed by atoms with van der Waals surface area (Å²) >= 11 is 0. The molecule has 0 fully saturated rings. The van der Waals surface area contributed by atoms with Gasteiger partial charge in [0.15, 0.2) is 0 Å². The minimum absolute atomic E-state index is 0.521. The van der Waals surface area contributed by atoms with Crippen LogP contribution in [0.2, 0.25) is 0 Å². The standard InChI is InChI=1S/C8H19NO3/c1-2-3-4-5-6-9-8(11,12)7-10/h9-12H,2-7H2,1H3. The molecule has 0 unspecified atom stereocenters. The lowest BCUT2D eigenvalue weighted by Gasteiger charge is -2.19. The molecule has 4 heteroatoms. The Morgan fingerprint density at radius 3 is 2.33 bits per heavy atom. The highest BCUT2D eigenvalue weighted by Crippen LogP contribution is 1.98. The van der Waals surface area contributed by atoms with Crippen LogP contribution < -0.4 is 5.32 Å². The van der Waals surface area contributed by atoms with Crippen molar-refractivity contribution in [2.75, 3.05) is 13.2 Å². The Bertz CT molecular complexity index is 106. The maximum Gasteiger partial charge on any atom is 0.246 e. The first kappa shape index (κ1) is 11.8. The quantitative estimate of drug-likeness (QED) is 0.321. The number of nitrogens with one attached hydrogen (secondary N) is 1. The number of rotatable bonds is 7. The molecule has 0 radical (unpaired) electrons. The zero-order valence-electron chi connectivity index (χ0n) is 7.58. The molecule has 0 spiro atoms. The van der Waals surface area contributed by atoms with Gasteiger partial charge in [-0.15, -0.1) is 0 Å². The van der Waals surface area contributed by atoms with Crippen molar-refractivity contribution in [3.63, 3.8) is 0 Å². The van der Waals surface area contributed by atoms with E-state index in [-0.39, 0.29) is 0 Å². The molecule has 0 amide bonds. The van der Waals surface area contributed by atoms with E-state index in [1.807, 2.05) is 0 Å². The first-order chi connectivity index (χ1) is 5.62. The summed E-state index contributed by atoms with van der Waals surface area (Å²) in [5, 5.41) is 28.6. The van der Waals surface area contributed by atoms with Crippen molar-refractivity contribution in [1.29, 1.82) is 0 Å².